The standard InChI is InChI=1S/C11H22O4/c1-2-3-4-5-6-7-10(13)15-11(14)8-9-12/h11-12,14H,2-9H2,1H3. The lowest BCUT2D eigenvalue weighted by Crippen LogP contribution is -2.18. The van der Waals surface area contributed by atoms with E-state index in [2.05, 4.69) is 11.7 Å². The Morgan fingerprint density at radius 1 is 1.27 bits per heavy atom. The number of esters is 1. The second-order valence-electron chi connectivity index (χ2n) is 3.62. The molecule has 0 bridgehead atoms. The average molecular weight is 218 g/mol. The van der Waals surface area contributed by atoms with Gasteiger partial charge in [0.05, 0.1) is 0 Å². The summed E-state index contributed by atoms with van der Waals surface area (Å²) in [6.45, 7) is 1.96. The van der Waals surface area contributed by atoms with Gasteiger partial charge in [-0.2, -0.15) is 0 Å². The first kappa shape index (κ1) is 14.4. The van der Waals surface area contributed by atoms with E-state index in [1.54, 1.807) is 0 Å². The van der Waals surface area contributed by atoms with Crippen molar-refractivity contribution in [3.8, 4) is 0 Å². The quantitative estimate of drug-likeness (QED) is 0.350. The Balaban J connectivity index is 3.32. The topological polar surface area (TPSA) is 66.8 Å². The summed E-state index contributed by atoms with van der Waals surface area (Å²) in [5.41, 5.74) is 0. The molecular formula is C11H22O4. The van der Waals surface area contributed by atoms with Gasteiger partial charge in [0.15, 0.2) is 0 Å². The molecule has 0 fully saturated rings. The lowest BCUT2D eigenvalue weighted by molar-refractivity contribution is -0.169. The molecule has 0 saturated carbocycles. The SMILES string of the molecule is CCCCCCCC(=O)OC(O)CCO. The zero-order valence-electron chi connectivity index (χ0n) is 9.45. The molecule has 0 rings (SSSR count). The zero-order valence-corrected chi connectivity index (χ0v) is 9.45. The van der Waals surface area contributed by atoms with Gasteiger partial charge >= 0.3 is 5.97 Å². The molecule has 0 amide bonds. The zero-order chi connectivity index (χ0) is 11.5. The summed E-state index contributed by atoms with van der Waals surface area (Å²) in [7, 11) is 0. The van der Waals surface area contributed by atoms with Crippen molar-refractivity contribution in [2.24, 2.45) is 0 Å². The molecule has 0 spiro atoms. The van der Waals surface area contributed by atoms with E-state index in [1.165, 1.54) is 12.8 Å². The van der Waals surface area contributed by atoms with Crippen LogP contribution in [0.5, 0.6) is 0 Å². The minimum atomic E-state index is -1.15. The first-order valence-corrected chi connectivity index (χ1v) is 5.69. The molecule has 4 heteroatoms. The molecule has 1 atom stereocenters. The Labute approximate surface area is 91.3 Å². The monoisotopic (exact) mass is 218 g/mol. The second kappa shape index (κ2) is 9.93. The van der Waals surface area contributed by atoms with Crippen molar-refractivity contribution in [2.45, 2.75) is 58.2 Å². The van der Waals surface area contributed by atoms with Gasteiger partial charge in [-0.15, -0.1) is 0 Å². The average Bonchev–Trinajstić information content (AvgIpc) is 2.17. The summed E-state index contributed by atoms with van der Waals surface area (Å²) in [6.07, 6.45) is 4.64. The van der Waals surface area contributed by atoms with Crippen molar-refractivity contribution in [2.75, 3.05) is 6.61 Å². The van der Waals surface area contributed by atoms with Gasteiger partial charge in [0.1, 0.15) is 0 Å². The molecule has 1 unspecified atom stereocenters. The van der Waals surface area contributed by atoms with Gasteiger partial charge in [-0.3, -0.25) is 4.79 Å². The molecule has 0 aromatic carbocycles. The highest BCUT2D eigenvalue weighted by molar-refractivity contribution is 5.69. The van der Waals surface area contributed by atoms with Crippen molar-refractivity contribution in [3.63, 3.8) is 0 Å². The molecule has 0 aromatic rings. The van der Waals surface area contributed by atoms with Gasteiger partial charge in [-0.25, -0.2) is 0 Å². The number of hydrogen-bond acceptors (Lipinski definition) is 4. The fourth-order valence-corrected chi connectivity index (χ4v) is 1.25. The lowest BCUT2D eigenvalue weighted by Gasteiger charge is -2.10. The molecule has 0 radical (unpaired) electrons. The molecule has 0 heterocycles. The maximum atomic E-state index is 11.1. The van der Waals surface area contributed by atoms with Crippen molar-refractivity contribution in [1.82, 2.24) is 0 Å². The van der Waals surface area contributed by atoms with Crippen LogP contribution in [0.3, 0.4) is 0 Å². The van der Waals surface area contributed by atoms with Gasteiger partial charge in [0.25, 0.3) is 0 Å². The minimum Gasteiger partial charge on any atom is -0.436 e. The fraction of sp³-hybridized carbons (Fsp3) is 0.909. The second-order valence-corrected chi connectivity index (χ2v) is 3.62. The first-order chi connectivity index (χ1) is 7.20. The molecule has 4 nitrogen and oxygen atoms in total. The van der Waals surface area contributed by atoms with Crippen molar-refractivity contribution in [3.05, 3.63) is 0 Å². The number of ether oxygens (including phenoxy) is 1. The van der Waals surface area contributed by atoms with Crippen LogP contribution in [0.2, 0.25) is 0 Å². The number of carbonyl (C=O) groups is 1. The molecular weight excluding hydrogens is 196 g/mol. The molecule has 15 heavy (non-hydrogen) atoms. The largest absolute Gasteiger partial charge is 0.436 e. The van der Waals surface area contributed by atoms with Crippen LogP contribution in [0.15, 0.2) is 0 Å². The van der Waals surface area contributed by atoms with E-state index in [1.807, 2.05) is 0 Å². The number of rotatable bonds is 9. The lowest BCUT2D eigenvalue weighted by atomic mass is 10.1. The molecule has 0 aliphatic carbocycles. The van der Waals surface area contributed by atoms with Crippen LogP contribution < -0.4 is 0 Å². The van der Waals surface area contributed by atoms with Gasteiger partial charge < -0.3 is 14.9 Å². The number of unbranched alkanes of at least 4 members (excludes halogenated alkanes) is 4. The highest BCUT2D eigenvalue weighted by atomic mass is 16.6. The fourth-order valence-electron chi connectivity index (χ4n) is 1.25. The Hall–Kier alpha value is -0.610. The predicted molar refractivity (Wildman–Crippen MR) is 57.2 cm³/mol. The van der Waals surface area contributed by atoms with E-state index in [4.69, 9.17) is 10.2 Å². The summed E-state index contributed by atoms with van der Waals surface area (Å²) in [6, 6.07) is 0. The summed E-state index contributed by atoms with van der Waals surface area (Å²) < 4.78 is 4.65. The van der Waals surface area contributed by atoms with Crippen molar-refractivity contribution >= 4 is 5.97 Å². The van der Waals surface area contributed by atoms with Crippen LogP contribution in [0, 0.1) is 0 Å². The Morgan fingerprint density at radius 3 is 2.53 bits per heavy atom. The molecule has 0 aromatic heterocycles. The van der Waals surface area contributed by atoms with Crippen LogP contribution in [-0.4, -0.2) is 29.1 Å². The van der Waals surface area contributed by atoms with Gasteiger partial charge in [0, 0.05) is 19.4 Å². The van der Waals surface area contributed by atoms with Crippen LogP contribution >= 0.6 is 0 Å². The van der Waals surface area contributed by atoms with Crippen LogP contribution in [-0.2, 0) is 9.53 Å². The number of carbonyl (C=O) groups excluding carboxylic acids is 1. The van der Waals surface area contributed by atoms with E-state index in [0.29, 0.717) is 6.42 Å². The first-order valence-electron chi connectivity index (χ1n) is 5.69. The summed E-state index contributed by atoms with van der Waals surface area (Å²) >= 11 is 0. The van der Waals surface area contributed by atoms with Gasteiger partial charge in [-0.05, 0) is 6.42 Å². The minimum absolute atomic E-state index is 0.0849. The van der Waals surface area contributed by atoms with Crippen LogP contribution in [0.4, 0.5) is 0 Å². The molecule has 0 aliphatic rings. The Bertz CT molecular complexity index is 159. The van der Waals surface area contributed by atoms with Gasteiger partial charge in [-0.1, -0.05) is 32.6 Å². The molecule has 0 saturated heterocycles. The molecule has 2 N–H and O–H groups in total. The smallest absolute Gasteiger partial charge is 0.308 e. The van der Waals surface area contributed by atoms with Crippen LogP contribution in [0.25, 0.3) is 0 Å². The predicted octanol–water partition coefficient (Wildman–Crippen LogP) is 1.59. The third-order valence-electron chi connectivity index (χ3n) is 2.13. The summed E-state index contributed by atoms with van der Waals surface area (Å²) in [5.74, 6) is -0.382. The van der Waals surface area contributed by atoms with Crippen molar-refractivity contribution in [1.29, 1.82) is 0 Å². The normalized spacial score (nSPS) is 12.5. The van der Waals surface area contributed by atoms with E-state index in [9.17, 15) is 4.79 Å². The maximum Gasteiger partial charge on any atom is 0.308 e. The van der Waals surface area contributed by atoms with E-state index in [0.717, 1.165) is 19.3 Å². The Kier molecular flexibility index (Phi) is 9.52. The van der Waals surface area contributed by atoms with E-state index in [-0.39, 0.29) is 19.0 Å². The number of aliphatic hydroxyl groups is 2. The maximum absolute atomic E-state index is 11.1. The van der Waals surface area contributed by atoms with Crippen molar-refractivity contribution < 1.29 is 19.7 Å². The van der Waals surface area contributed by atoms with E-state index >= 15 is 0 Å². The van der Waals surface area contributed by atoms with Crippen LogP contribution in [0.1, 0.15) is 51.9 Å². The van der Waals surface area contributed by atoms with Gasteiger partial charge in [0.2, 0.25) is 6.29 Å². The number of aliphatic hydroxyl groups excluding tert-OH is 2. The third-order valence-corrected chi connectivity index (χ3v) is 2.13. The summed E-state index contributed by atoms with van der Waals surface area (Å²) in [4.78, 5) is 11.1. The van der Waals surface area contributed by atoms with E-state index < -0.39 is 6.29 Å². The Morgan fingerprint density at radius 2 is 1.93 bits per heavy atom. The molecule has 90 valence electrons. The number of hydrogen-bond donors (Lipinski definition) is 2. The highest BCUT2D eigenvalue weighted by Crippen LogP contribution is 2.06. The third kappa shape index (κ3) is 9.69. The highest BCUT2D eigenvalue weighted by Gasteiger charge is 2.09. The summed E-state index contributed by atoms with van der Waals surface area (Å²) in [5, 5.41) is 17.5. The molecule has 0 aliphatic heterocycles.